The standard InChI is InChI=1S/C17H27N5OS/c1-4-15(21(2)3)16-19-20-17(24-13-11-18-10-12-23)22(16)14-8-6-5-7-9-14/h5-9,15,18,23H,4,10-13H2,1-3H3/t15-/m1/s1. The van der Waals surface area contributed by atoms with Crippen LogP contribution in [0.1, 0.15) is 25.2 Å². The number of hydrogen-bond donors (Lipinski definition) is 2. The number of rotatable bonds is 10. The van der Waals surface area contributed by atoms with Crippen LogP contribution in [0.2, 0.25) is 0 Å². The van der Waals surface area contributed by atoms with Crippen molar-refractivity contribution in [1.82, 2.24) is 25.0 Å². The minimum atomic E-state index is 0.163. The minimum Gasteiger partial charge on any atom is -0.395 e. The minimum absolute atomic E-state index is 0.163. The van der Waals surface area contributed by atoms with E-state index in [1.807, 2.05) is 18.2 Å². The van der Waals surface area contributed by atoms with Gasteiger partial charge < -0.3 is 10.4 Å². The van der Waals surface area contributed by atoms with Gasteiger partial charge in [0.1, 0.15) is 0 Å². The molecule has 0 unspecified atom stereocenters. The molecule has 6 nitrogen and oxygen atoms in total. The molecule has 0 aliphatic rings. The van der Waals surface area contributed by atoms with E-state index in [1.165, 1.54) is 0 Å². The van der Waals surface area contributed by atoms with Crippen LogP contribution in [-0.2, 0) is 0 Å². The molecule has 0 amide bonds. The third kappa shape index (κ3) is 4.80. The molecule has 132 valence electrons. The molecule has 0 spiro atoms. The van der Waals surface area contributed by atoms with Crippen molar-refractivity contribution in [3.63, 3.8) is 0 Å². The predicted octanol–water partition coefficient (Wildman–Crippen LogP) is 1.95. The molecule has 0 radical (unpaired) electrons. The molecule has 0 bridgehead atoms. The molecule has 0 saturated carbocycles. The zero-order chi connectivity index (χ0) is 17.4. The summed E-state index contributed by atoms with van der Waals surface area (Å²) in [6, 6.07) is 10.5. The SMILES string of the molecule is CC[C@H](c1nnc(SCCNCCO)n1-c1ccccc1)N(C)C. The Morgan fingerprint density at radius 1 is 1.21 bits per heavy atom. The van der Waals surface area contributed by atoms with E-state index < -0.39 is 0 Å². The number of aromatic nitrogens is 3. The first kappa shape index (κ1) is 18.9. The van der Waals surface area contributed by atoms with Crippen LogP contribution in [0.4, 0.5) is 0 Å². The molecule has 0 fully saturated rings. The predicted molar refractivity (Wildman–Crippen MR) is 98.8 cm³/mol. The van der Waals surface area contributed by atoms with Crippen molar-refractivity contribution in [3.8, 4) is 5.69 Å². The smallest absolute Gasteiger partial charge is 0.195 e. The largest absolute Gasteiger partial charge is 0.395 e. The fourth-order valence-electron chi connectivity index (χ4n) is 2.61. The van der Waals surface area contributed by atoms with Gasteiger partial charge in [0.15, 0.2) is 11.0 Å². The quantitative estimate of drug-likeness (QED) is 0.505. The molecule has 7 heteroatoms. The highest BCUT2D eigenvalue weighted by atomic mass is 32.2. The Morgan fingerprint density at radius 2 is 1.96 bits per heavy atom. The van der Waals surface area contributed by atoms with Crippen molar-refractivity contribution in [2.45, 2.75) is 24.5 Å². The molecule has 2 rings (SSSR count). The van der Waals surface area contributed by atoms with Crippen LogP contribution < -0.4 is 5.32 Å². The summed E-state index contributed by atoms with van der Waals surface area (Å²) in [5, 5.41) is 21.8. The number of thioether (sulfide) groups is 1. The molecule has 0 aliphatic heterocycles. The average Bonchev–Trinajstić information content (AvgIpc) is 2.99. The van der Waals surface area contributed by atoms with Crippen LogP contribution >= 0.6 is 11.8 Å². The van der Waals surface area contributed by atoms with Gasteiger partial charge in [-0.15, -0.1) is 10.2 Å². The summed E-state index contributed by atoms with van der Waals surface area (Å²) >= 11 is 1.68. The summed E-state index contributed by atoms with van der Waals surface area (Å²) in [5.41, 5.74) is 1.09. The topological polar surface area (TPSA) is 66.2 Å². The molecule has 0 saturated heterocycles. The van der Waals surface area contributed by atoms with E-state index in [1.54, 1.807) is 11.8 Å². The van der Waals surface area contributed by atoms with Gasteiger partial charge in [0.25, 0.3) is 0 Å². The summed E-state index contributed by atoms with van der Waals surface area (Å²) < 4.78 is 2.16. The first-order valence-electron chi connectivity index (χ1n) is 8.30. The third-order valence-electron chi connectivity index (χ3n) is 3.78. The molecule has 1 atom stereocenters. The number of aliphatic hydroxyl groups excluding tert-OH is 1. The highest BCUT2D eigenvalue weighted by molar-refractivity contribution is 7.99. The Kier molecular flexibility index (Phi) is 7.71. The number of nitrogens with one attached hydrogen (secondary N) is 1. The van der Waals surface area contributed by atoms with Crippen molar-refractivity contribution < 1.29 is 5.11 Å². The normalized spacial score (nSPS) is 12.7. The summed E-state index contributed by atoms with van der Waals surface area (Å²) in [4.78, 5) is 2.18. The summed E-state index contributed by atoms with van der Waals surface area (Å²) in [5.74, 6) is 1.85. The van der Waals surface area contributed by atoms with E-state index in [0.717, 1.165) is 35.4 Å². The number of benzene rings is 1. The van der Waals surface area contributed by atoms with Crippen LogP contribution in [0.5, 0.6) is 0 Å². The molecule has 1 heterocycles. The Labute approximate surface area is 148 Å². The van der Waals surface area contributed by atoms with Gasteiger partial charge in [0.05, 0.1) is 12.6 Å². The Hall–Kier alpha value is -1.41. The average molecular weight is 350 g/mol. The monoisotopic (exact) mass is 349 g/mol. The second-order valence-corrected chi connectivity index (χ2v) is 6.78. The number of nitrogens with zero attached hydrogens (tertiary/aromatic N) is 4. The number of hydrogen-bond acceptors (Lipinski definition) is 6. The zero-order valence-electron chi connectivity index (χ0n) is 14.6. The molecule has 1 aromatic carbocycles. The maximum Gasteiger partial charge on any atom is 0.195 e. The van der Waals surface area contributed by atoms with Gasteiger partial charge in [0.2, 0.25) is 0 Å². The van der Waals surface area contributed by atoms with Gasteiger partial charge in [-0.25, -0.2) is 0 Å². The third-order valence-corrected chi connectivity index (χ3v) is 4.71. The fraction of sp³-hybridized carbons (Fsp3) is 0.529. The molecule has 1 aromatic heterocycles. The Bertz CT molecular complexity index is 602. The van der Waals surface area contributed by atoms with Crippen molar-refractivity contribution in [1.29, 1.82) is 0 Å². The molecular formula is C17H27N5OS. The van der Waals surface area contributed by atoms with Gasteiger partial charge >= 0.3 is 0 Å². The molecule has 2 aromatic rings. The van der Waals surface area contributed by atoms with E-state index in [-0.39, 0.29) is 12.6 Å². The fourth-order valence-corrected chi connectivity index (χ4v) is 3.46. The maximum atomic E-state index is 8.82. The lowest BCUT2D eigenvalue weighted by molar-refractivity contribution is 0.276. The van der Waals surface area contributed by atoms with Gasteiger partial charge in [-0.3, -0.25) is 9.47 Å². The second kappa shape index (κ2) is 9.78. The summed E-state index contributed by atoms with van der Waals surface area (Å²) in [7, 11) is 4.15. The van der Waals surface area contributed by atoms with E-state index in [2.05, 4.69) is 58.1 Å². The molecule has 2 N–H and O–H groups in total. The van der Waals surface area contributed by atoms with Gasteiger partial charge in [0, 0.05) is 24.5 Å². The van der Waals surface area contributed by atoms with Crippen molar-refractivity contribution in [3.05, 3.63) is 36.2 Å². The number of para-hydroxylation sites is 1. The van der Waals surface area contributed by atoms with Crippen molar-refractivity contribution >= 4 is 11.8 Å². The van der Waals surface area contributed by atoms with Crippen LogP contribution in [0.15, 0.2) is 35.5 Å². The zero-order valence-corrected chi connectivity index (χ0v) is 15.5. The number of aliphatic hydroxyl groups is 1. The van der Waals surface area contributed by atoms with E-state index >= 15 is 0 Å². The Balaban J connectivity index is 2.26. The van der Waals surface area contributed by atoms with Crippen LogP contribution in [-0.4, -0.2) is 64.3 Å². The first-order valence-corrected chi connectivity index (χ1v) is 9.29. The lowest BCUT2D eigenvalue weighted by Gasteiger charge is -2.23. The van der Waals surface area contributed by atoms with Gasteiger partial charge in [-0.1, -0.05) is 36.9 Å². The molecule has 24 heavy (non-hydrogen) atoms. The van der Waals surface area contributed by atoms with Crippen LogP contribution in [0.25, 0.3) is 5.69 Å². The summed E-state index contributed by atoms with van der Waals surface area (Å²) in [6.45, 7) is 3.78. The van der Waals surface area contributed by atoms with Crippen LogP contribution in [0.3, 0.4) is 0 Å². The van der Waals surface area contributed by atoms with E-state index in [0.29, 0.717) is 6.54 Å². The van der Waals surface area contributed by atoms with Crippen molar-refractivity contribution in [2.24, 2.45) is 0 Å². The first-order chi connectivity index (χ1) is 11.7. The van der Waals surface area contributed by atoms with E-state index in [9.17, 15) is 0 Å². The highest BCUT2D eigenvalue weighted by Crippen LogP contribution is 2.28. The molecule has 0 aliphatic carbocycles. The maximum absolute atomic E-state index is 8.82. The highest BCUT2D eigenvalue weighted by Gasteiger charge is 2.22. The lowest BCUT2D eigenvalue weighted by Crippen LogP contribution is -2.23. The lowest BCUT2D eigenvalue weighted by atomic mass is 10.2. The van der Waals surface area contributed by atoms with Crippen molar-refractivity contribution in [2.75, 3.05) is 39.5 Å². The van der Waals surface area contributed by atoms with E-state index in [4.69, 9.17) is 5.11 Å². The summed E-state index contributed by atoms with van der Waals surface area (Å²) in [6.07, 6.45) is 0.973. The van der Waals surface area contributed by atoms with Crippen LogP contribution in [0, 0.1) is 0 Å². The van der Waals surface area contributed by atoms with Gasteiger partial charge in [-0.2, -0.15) is 0 Å². The second-order valence-electron chi connectivity index (χ2n) is 5.72. The van der Waals surface area contributed by atoms with Gasteiger partial charge in [-0.05, 0) is 32.6 Å². The molecular weight excluding hydrogens is 322 g/mol. The Morgan fingerprint density at radius 3 is 2.58 bits per heavy atom.